The molecule has 6 N–H and O–H groups in total. The minimum Gasteiger partial charge on any atom is -0.383 e. The van der Waals surface area contributed by atoms with E-state index in [1.807, 2.05) is 29.0 Å². The first-order valence-corrected chi connectivity index (χ1v) is 30.8. The normalized spacial score (nSPS) is 15.5. The molecular weight excluding hydrogens is 1090 g/mol. The number of likely N-dealkylation sites (N-methyl/N-ethyl adjacent to an activating group) is 2. The van der Waals surface area contributed by atoms with Gasteiger partial charge in [-0.25, -0.2) is 9.97 Å². The summed E-state index contributed by atoms with van der Waals surface area (Å²) in [7, 11) is 9.98. The van der Waals surface area contributed by atoms with Crippen LogP contribution in [0.3, 0.4) is 0 Å². The second-order valence-electron chi connectivity index (χ2n) is 19.7. The highest BCUT2D eigenvalue weighted by molar-refractivity contribution is 7.73. The van der Waals surface area contributed by atoms with Crippen molar-refractivity contribution in [3.63, 3.8) is 0 Å². The zero-order valence-electron chi connectivity index (χ0n) is 49.8. The Hall–Kier alpha value is -6.40. The van der Waals surface area contributed by atoms with Crippen LogP contribution in [0.4, 0.5) is 40.6 Å². The SMILES string of the molecule is CN1CCCCC1.CN1CCN(C)c2ccccc21.CNc1nc(C)nc(N)n1.COCCN1CCCCC1.Cc1ncnc(N)n1.S=c1[nH]ncs1.c1ccc(N2CCCCC2)cc1.c1ccc(N2CCOCC2)cc1.c1ccsc1. The number of H-pyrrole nitrogens is 1. The molecule has 3 aromatic carbocycles. The van der Waals surface area contributed by atoms with E-state index in [1.54, 1.807) is 44.9 Å². The molecule has 4 fully saturated rings. The van der Waals surface area contributed by atoms with Gasteiger partial charge in [-0.2, -0.15) is 36.4 Å². The van der Waals surface area contributed by atoms with Crippen molar-refractivity contribution in [2.45, 2.75) is 71.6 Å². The van der Waals surface area contributed by atoms with E-state index in [1.165, 1.54) is 137 Å². The van der Waals surface area contributed by atoms with Crippen LogP contribution in [0.25, 0.3) is 0 Å². The lowest BCUT2D eigenvalue weighted by atomic mass is 10.1. The highest BCUT2D eigenvalue weighted by Crippen LogP contribution is 2.30. The summed E-state index contributed by atoms with van der Waals surface area (Å²) in [5.74, 6) is 2.30. The molecule has 0 saturated carbocycles. The Morgan fingerprint density at radius 1 is 0.598 bits per heavy atom. The zero-order valence-corrected chi connectivity index (χ0v) is 52.3. The molecule has 0 bridgehead atoms. The molecule has 0 spiro atoms. The number of nitrogen functional groups attached to an aromatic ring is 2. The second-order valence-corrected chi connectivity index (χ2v) is 22.0. The van der Waals surface area contributed by atoms with Crippen molar-refractivity contribution in [2.75, 3.05) is 163 Å². The van der Waals surface area contributed by atoms with Crippen molar-refractivity contribution in [1.29, 1.82) is 0 Å². The van der Waals surface area contributed by atoms with Crippen LogP contribution >= 0.6 is 34.9 Å². The molecule has 0 unspecified atom stereocenters. The molecule has 0 aliphatic carbocycles. The van der Waals surface area contributed by atoms with E-state index < -0.39 is 0 Å². The third-order valence-corrected chi connectivity index (χ3v) is 14.7. The maximum atomic E-state index is 5.33. The van der Waals surface area contributed by atoms with Gasteiger partial charge in [0.15, 0.2) is 3.95 Å². The molecule has 0 radical (unpaired) electrons. The van der Waals surface area contributed by atoms with Gasteiger partial charge in [-0.1, -0.05) is 84.8 Å². The number of aryl methyl sites for hydroxylation is 2. The number of morpholine rings is 1. The first-order valence-electron chi connectivity index (χ1n) is 28.6. The molecule has 0 amide bonds. The fourth-order valence-corrected chi connectivity index (χ4v) is 9.72. The largest absolute Gasteiger partial charge is 0.383 e. The number of aromatic nitrogens is 8. The first kappa shape index (κ1) is 68.1. The van der Waals surface area contributed by atoms with Gasteiger partial charge in [0.05, 0.1) is 31.2 Å². The third-order valence-electron chi connectivity index (χ3n) is 13.2. The maximum absolute atomic E-state index is 5.33. The molecule has 12 rings (SSSR count). The quantitative estimate of drug-likeness (QED) is 0.114. The molecule has 4 aromatic heterocycles. The van der Waals surface area contributed by atoms with Gasteiger partial charge in [-0.3, -0.25) is 5.10 Å². The van der Waals surface area contributed by atoms with Crippen LogP contribution in [0.5, 0.6) is 0 Å². The number of anilines is 7. The molecule has 7 aromatic rings. The highest BCUT2D eigenvalue weighted by Gasteiger charge is 2.16. The van der Waals surface area contributed by atoms with E-state index in [2.05, 4.69) is 187 Å². The summed E-state index contributed by atoms with van der Waals surface area (Å²) in [6.07, 6.45) is 14.0. The summed E-state index contributed by atoms with van der Waals surface area (Å²) in [6.45, 7) is 19.2. The fraction of sp³-hybridized carbons (Fsp3) is 0.500. The van der Waals surface area contributed by atoms with Crippen LogP contribution in [0, 0.1) is 17.8 Å². The predicted molar refractivity (Wildman–Crippen MR) is 348 cm³/mol. The Morgan fingerprint density at radius 2 is 1.11 bits per heavy atom. The molecule has 448 valence electrons. The van der Waals surface area contributed by atoms with Gasteiger partial charge in [0.1, 0.15) is 23.5 Å². The van der Waals surface area contributed by atoms with E-state index in [-0.39, 0.29) is 11.9 Å². The molecule has 5 aliphatic rings. The summed E-state index contributed by atoms with van der Waals surface area (Å²) in [4.78, 5) is 36.9. The minimum absolute atomic E-state index is 0.247. The Bertz CT molecular complexity index is 2510. The summed E-state index contributed by atoms with van der Waals surface area (Å²) in [6, 6.07) is 33.8. The average Bonchev–Trinajstić information content (AvgIpc) is 4.30. The predicted octanol–water partition coefficient (Wildman–Crippen LogP) is 10.5. The van der Waals surface area contributed by atoms with E-state index >= 15 is 0 Å². The fourth-order valence-electron chi connectivity index (χ4n) is 8.77. The van der Waals surface area contributed by atoms with Crippen molar-refractivity contribution in [2.24, 2.45) is 0 Å². The van der Waals surface area contributed by atoms with Crippen molar-refractivity contribution < 1.29 is 9.47 Å². The number of likely N-dealkylation sites (tertiary alicyclic amines) is 2. The number of aromatic amines is 1. The van der Waals surface area contributed by atoms with Gasteiger partial charge < -0.3 is 55.7 Å². The van der Waals surface area contributed by atoms with Gasteiger partial charge in [-0.05, 0) is 151 Å². The van der Waals surface area contributed by atoms with Crippen LogP contribution in [0.2, 0.25) is 0 Å². The average molecular weight is 1180 g/mol. The lowest BCUT2D eigenvalue weighted by Crippen LogP contribution is -2.36. The lowest BCUT2D eigenvalue weighted by Gasteiger charge is -2.34. The number of hydrogen-bond donors (Lipinski definition) is 4. The highest BCUT2D eigenvalue weighted by atomic mass is 32.1. The standard InChI is InChI=1S/C11H15N.C10H14N2.C10H13NO.C8H17NO.C6H13N.C5H9N5.C4H6N4.C4H4S.C2H2N2S2/c1-3-7-11(8-4-1)12-9-5-2-6-10-12;1-11-7-8-12(2)10-6-4-3-5-9(10)11;1-2-4-10(5-3-1)11-6-8-12-9-7-11;1-10-8-7-9-5-3-2-4-6-9;1-7-5-3-2-4-6-7;1-3-8-4(6)10-5(7-2)9-3;1-3-6-2-7-4(5)8-3;1-2-4-5-3-1;5-2-4-3-1-6-2/h1,3-4,7-8H,2,5-6,9-10H2;3-6H,7-8H2,1-2H3;1-5H,6-9H2;2-8H2,1H3;2-6H2,1H3;1-2H3,(H3,6,7,8,9,10);2H,1H3,(H2,5,6,7,8);1-4H;1H,(H,4,5). The maximum Gasteiger partial charge on any atom is 0.227 e. The number of nitrogens with zero attached hydrogens (tertiary/aromatic N) is 13. The number of piperidine rings is 3. The number of nitrogens with two attached hydrogens (primary N) is 2. The van der Waals surface area contributed by atoms with Crippen LogP contribution in [-0.2, 0) is 9.47 Å². The molecule has 19 nitrogen and oxygen atoms in total. The monoisotopic (exact) mass is 1180 g/mol. The molecule has 9 heterocycles. The minimum atomic E-state index is 0.247. The number of ether oxygens (including phenoxy) is 2. The molecule has 5 aliphatic heterocycles. The molecule has 0 atom stereocenters. The summed E-state index contributed by atoms with van der Waals surface area (Å²) in [5, 5.41) is 13.0. The number of benzene rings is 3. The van der Waals surface area contributed by atoms with E-state index in [0.29, 0.717) is 17.6 Å². The third kappa shape index (κ3) is 30.1. The Morgan fingerprint density at radius 3 is 1.51 bits per heavy atom. The van der Waals surface area contributed by atoms with Gasteiger partial charge in [0.2, 0.25) is 17.8 Å². The Labute approximate surface area is 502 Å². The second kappa shape index (κ2) is 42.4. The van der Waals surface area contributed by atoms with Crippen LogP contribution in [0.15, 0.2) is 120 Å². The van der Waals surface area contributed by atoms with Gasteiger partial charge in [0, 0.05) is 85.4 Å². The summed E-state index contributed by atoms with van der Waals surface area (Å²) >= 11 is 7.78. The van der Waals surface area contributed by atoms with E-state index in [4.69, 9.17) is 20.9 Å². The summed E-state index contributed by atoms with van der Waals surface area (Å²) in [5.41, 5.74) is 17.6. The molecule has 22 heteroatoms. The van der Waals surface area contributed by atoms with E-state index in [0.717, 1.165) is 56.5 Å². The zero-order chi connectivity index (χ0) is 58.8. The smallest absolute Gasteiger partial charge is 0.227 e. The number of para-hydroxylation sites is 4. The van der Waals surface area contributed by atoms with Crippen molar-refractivity contribution in [3.05, 3.63) is 135 Å². The number of thiophene rings is 1. The number of nitrogens with one attached hydrogen (secondary N) is 2. The number of fused-ring (bicyclic) bond motifs is 1. The van der Waals surface area contributed by atoms with E-state index in [9.17, 15) is 0 Å². The van der Waals surface area contributed by atoms with Gasteiger partial charge in [-0.15, -0.1) is 0 Å². The molecule has 4 saturated heterocycles. The molecular formula is C60H93N17O2S3. The number of rotatable bonds is 6. The topological polar surface area (TPSA) is 208 Å². The van der Waals surface area contributed by atoms with Crippen molar-refractivity contribution >= 4 is 75.5 Å². The van der Waals surface area contributed by atoms with Crippen molar-refractivity contribution in [3.8, 4) is 0 Å². The summed E-state index contributed by atoms with van der Waals surface area (Å²) < 4.78 is 11.0. The first-order chi connectivity index (χ1) is 39.9. The van der Waals surface area contributed by atoms with Crippen LogP contribution in [-0.4, -0.2) is 177 Å². The van der Waals surface area contributed by atoms with Crippen LogP contribution in [0.1, 0.15) is 69.4 Å². The van der Waals surface area contributed by atoms with Crippen LogP contribution < -0.4 is 36.4 Å². The Kier molecular flexibility index (Phi) is 35.2. The number of hydrogen-bond acceptors (Lipinski definition) is 21. The van der Waals surface area contributed by atoms with Gasteiger partial charge >= 0.3 is 0 Å². The number of methoxy groups -OCH3 is 1. The molecule has 82 heavy (non-hydrogen) atoms. The Balaban J connectivity index is 0.000000201. The van der Waals surface area contributed by atoms with Gasteiger partial charge in [0.25, 0.3) is 0 Å². The van der Waals surface area contributed by atoms with Crippen molar-refractivity contribution in [1.82, 2.24) is 49.9 Å². The lowest BCUT2D eigenvalue weighted by molar-refractivity contribution is 0.122.